The van der Waals surface area contributed by atoms with Crippen molar-refractivity contribution in [2.45, 2.75) is 60.2 Å². The molecular formula is C66H48. The average Bonchev–Trinajstić information content (AvgIpc) is 3.37. The summed E-state index contributed by atoms with van der Waals surface area (Å²) in [5, 5.41) is 0. The molecule has 8 aromatic rings. The van der Waals surface area contributed by atoms with Crippen molar-refractivity contribution >= 4 is 0 Å². The third-order valence-electron chi connectivity index (χ3n) is 14.5. The molecule has 8 aromatic carbocycles. The average molecular weight is 841 g/mol. The van der Waals surface area contributed by atoms with E-state index in [1.807, 2.05) is 24.3 Å². The third-order valence-corrected chi connectivity index (χ3v) is 14.5. The first-order chi connectivity index (χ1) is 32.5. The van der Waals surface area contributed by atoms with Crippen LogP contribution in [0, 0.1) is 47.4 Å². The number of hydrogen-bond acceptors (Lipinski definition) is 0. The van der Waals surface area contributed by atoms with Crippen LogP contribution < -0.4 is 0 Å². The van der Waals surface area contributed by atoms with Crippen LogP contribution in [0.1, 0.15) is 105 Å². The summed E-state index contributed by atoms with van der Waals surface area (Å²) in [6, 6.07) is 78.3. The Morgan fingerprint density at radius 2 is 0.379 bits per heavy atom. The van der Waals surface area contributed by atoms with Gasteiger partial charge in [-0.3, -0.25) is 0 Å². The van der Waals surface area contributed by atoms with Crippen molar-refractivity contribution in [3.8, 4) is 47.4 Å². The van der Waals surface area contributed by atoms with E-state index in [1.165, 1.54) is 22.3 Å². The fourth-order valence-corrected chi connectivity index (χ4v) is 12.2. The molecule has 0 heteroatoms. The quantitative estimate of drug-likeness (QED) is 0.155. The van der Waals surface area contributed by atoms with Crippen molar-refractivity contribution in [3.63, 3.8) is 0 Å². The highest BCUT2D eigenvalue weighted by atomic mass is 14.7. The summed E-state index contributed by atoms with van der Waals surface area (Å²) in [6.07, 6.45) is 6.31. The molecule has 0 N–H and O–H groups in total. The fourth-order valence-electron chi connectivity index (χ4n) is 12.2. The van der Waals surface area contributed by atoms with E-state index in [1.54, 1.807) is 0 Å². The zero-order chi connectivity index (χ0) is 44.3. The summed E-state index contributed by atoms with van der Waals surface area (Å²) in [5.41, 5.74) is 13.3. The van der Waals surface area contributed by atoms with Crippen LogP contribution in [0.15, 0.2) is 218 Å². The lowest BCUT2D eigenvalue weighted by Gasteiger charge is -2.71. The van der Waals surface area contributed by atoms with Crippen molar-refractivity contribution in [2.75, 3.05) is 0 Å². The van der Waals surface area contributed by atoms with Gasteiger partial charge in [-0.15, -0.1) is 0 Å². The normalized spacial score (nSPS) is 21.9. The second-order valence-electron chi connectivity index (χ2n) is 19.0. The van der Waals surface area contributed by atoms with Crippen molar-refractivity contribution in [1.29, 1.82) is 0 Å². The molecule has 0 amide bonds. The molecule has 0 aromatic heterocycles. The Labute approximate surface area is 390 Å². The first kappa shape index (κ1) is 40.8. The van der Waals surface area contributed by atoms with Crippen LogP contribution in [0.4, 0.5) is 0 Å². The zero-order valence-corrected chi connectivity index (χ0v) is 37.0. The molecule has 4 saturated carbocycles. The minimum absolute atomic E-state index is 0.150. The number of benzene rings is 8. The lowest BCUT2D eigenvalue weighted by molar-refractivity contribution is -0.0692. The summed E-state index contributed by atoms with van der Waals surface area (Å²) in [7, 11) is 0. The van der Waals surface area contributed by atoms with Crippen molar-refractivity contribution in [1.82, 2.24) is 0 Å². The Morgan fingerprint density at radius 3 is 0.591 bits per heavy atom. The van der Waals surface area contributed by atoms with Gasteiger partial charge in [0, 0.05) is 44.5 Å². The van der Waals surface area contributed by atoms with Gasteiger partial charge in [0.05, 0.1) is 0 Å². The van der Waals surface area contributed by atoms with Gasteiger partial charge in [-0.05, 0) is 180 Å². The van der Waals surface area contributed by atoms with Crippen molar-refractivity contribution < 1.29 is 0 Å². The van der Waals surface area contributed by atoms with Gasteiger partial charge in [0.1, 0.15) is 0 Å². The van der Waals surface area contributed by atoms with E-state index in [4.69, 9.17) is 0 Å². The van der Waals surface area contributed by atoms with Gasteiger partial charge in [0.2, 0.25) is 0 Å². The number of hydrogen-bond donors (Lipinski definition) is 0. The monoisotopic (exact) mass is 840 g/mol. The van der Waals surface area contributed by atoms with E-state index < -0.39 is 0 Å². The fraction of sp³-hybridized carbons (Fsp3) is 0.152. The van der Waals surface area contributed by atoms with Crippen LogP contribution in [0.3, 0.4) is 0 Å². The van der Waals surface area contributed by atoms with E-state index in [-0.39, 0.29) is 21.7 Å². The molecule has 4 fully saturated rings. The molecule has 0 spiro atoms. The van der Waals surface area contributed by atoms with Crippen LogP contribution in [-0.4, -0.2) is 0 Å². The van der Waals surface area contributed by atoms with Gasteiger partial charge in [-0.2, -0.15) is 0 Å². The van der Waals surface area contributed by atoms with Crippen LogP contribution >= 0.6 is 0 Å². The molecule has 0 unspecified atom stereocenters. The van der Waals surface area contributed by atoms with Gasteiger partial charge >= 0.3 is 0 Å². The number of rotatable bonds is 4. The van der Waals surface area contributed by atoms with Gasteiger partial charge in [-0.1, -0.05) is 169 Å². The standard InChI is InChI=1S/C66H48/c1-5-17-51(18-6-1)33-37-55-25-13-29-59(41-55)63-45-64(60-30-14-26-56(42-60)38-34-52-19-7-2-8-20-52)48-65(46-63,61-31-15-27-57(43-61)39-35-53-21-9-3-10-22-53)50-66(47-63,49-64)62-32-16-28-58(44-62)40-36-54-23-11-4-12-24-54/h1-32,41-44H,45-50H2. The predicted octanol–water partition coefficient (Wildman–Crippen LogP) is 13.7. The molecule has 0 radical (unpaired) electrons. The summed E-state index contributed by atoms with van der Waals surface area (Å²) in [4.78, 5) is 0. The van der Waals surface area contributed by atoms with Crippen LogP contribution in [0.25, 0.3) is 0 Å². The third kappa shape index (κ3) is 8.17. The van der Waals surface area contributed by atoms with E-state index in [2.05, 4.69) is 241 Å². The highest BCUT2D eigenvalue weighted by Gasteiger charge is 2.69. The molecule has 66 heavy (non-hydrogen) atoms. The SMILES string of the molecule is C(#Cc1cccc(C23CC4(c5cccc(C#Cc6ccccc6)c5)CC(c5cccc(C#Cc6ccccc6)c5)(C2)CC(c2cccc(C#Cc5ccccc5)c2)(C3)C4)c1)c1ccccc1. The Balaban J connectivity index is 1.11. The lowest BCUT2D eigenvalue weighted by Crippen LogP contribution is -2.67. The molecule has 0 aliphatic heterocycles. The maximum absolute atomic E-state index is 3.57. The summed E-state index contributed by atoms with van der Waals surface area (Å²) in [5.74, 6) is 28.1. The maximum Gasteiger partial charge on any atom is 0.0251 e. The minimum atomic E-state index is -0.150. The highest BCUT2D eigenvalue weighted by molar-refractivity contribution is 5.56. The van der Waals surface area contributed by atoms with E-state index >= 15 is 0 Å². The van der Waals surface area contributed by atoms with E-state index in [9.17, 15) is 0 Å². The molecule has 0 atom stereocenters. The summed E-state index contributed by atoms with van der Waals surface area (Å²) >= 11 is 0. The molecule has 4 aliphatic rings. The molecule has 0 saturated heterocycles. The van der Waals surface area contributed by atoms with E-state index in [0.717, 1.165) is 83.0 Å². The molecule has 0 heterocycles. The molecule has 4 bridgehead atoms. The van der Waals surface area contributed by atoms with Crippen molar-refractivity contribution in [2.24, 2.45) is 0 Å². The summed E-state index contributed by atoms with van der Waals surface area (Å²) < 4.78 is 0. The lowest BCUT2D eigenvalue weighted by atomic mass is 9.32. The second kappa shape index (κ2) is 17.2. The minimum Gasteiger partial charge on any atom is -0.0622 e. The molecule has 12 rings (SSSR count). The van der Waals surface area contributed by atoms with Gasteiger partial charge < -0.3 is 0 Å². The Morgan fingerprint density at radius 1 is 0.197 bits per heavy atom. The van der Waals surface area contributed by atoms with Crippen molar-refractivity contribution in [3.05, 3.63) is 285 Å². The Hall–Kier alpha value is -8.00. The highest BCUT2D eigenvalue weighted by Crippen LogP contribution is 2.75. The van der Waals surface area contributed by atoms with E-state index in [0.29, 0.717) is 0 Å². The Bertz CT molecular complexity index is 2840. The van der Waals surface area contributed by atoms with Crippen LogP contribution in [0.2, 0.25) is 0 Å². The first-order valence-corrected chi connectivity index (χ1v) is 23.2. The van der Waals surface area contributed by atoms with Gasteiger partial charge in [0.25, 0.3) is 0 Å². The van der Waals surface area contributed by atoms with Gasteiger partial charge in [-0.25, -0.2) is 0 Å². The molecular weight excluding hydrogens is 793 g/mol. The zero-order valence-electron chi connectivity index (χ0n) is 37.0. The van der Waals surface area contributed by atoms with Crippen LogP contribution in [0.5, 0.6) is 0 Å². The second-order valence-corrected chi connectivity index (χ2v) is 19.0. The predicted molar refractivity (Wildman–Crippen MR) is 270 cm³/mol. The molecule has 4 aliphatic carbocycles. The first-order valence-electron chi connectivity index (χ1n) is 23.2. The molecule has 312 valence electrons. The van der Waals surface area contributed by atoms with Crippen LogP contribution in [-0.2, 0) is 21.7 Å². The molecule has 0 nitrogen and oxygen atoms in total. The largest absolute Gasteiger partial charge is 0.0622 e. The topological polar surface area (TPSA) is 0 Å². The Kier molecular flexibility index (Phi) is 10.6. The smallest absolute Gasteiger partial charge is 0.0251 e. The summed E-state index contributed by atoms with van der Waals surface area (Å²) in [6.45, 7) is 0. The maximum atomic E-state index is 3.57. The van der Waals surface area contributed by atoms with Gasteiger partial charge in [0.15, 0.2) is 0 Å².